The van der Waals surface area contributed by atoms with Crippen molar-refractivity contribution in [2.45, 2.75) is 52.1 Å². The van der Waals surface area contributed by atoms with Crippen LogP contribution in [0.15, 0.2) is 29.3 Å². The molecule has 0 unspecified atom stereocenters. The van der Waals surface area contributed by atoms with Crippen LogP contribution < -0.4 is 10.6 Å². The van der Waals surface area contributed by atoms with Crippen LogP contribution in [0.1, 0.15) is 43.4 Å². The van der Waals surface area contributed by atoms with Crippen molar-refractivity contribution in [3.8, 4) is 0 Å². The zero-order chi connectivity index (χ0) is 18.2. The summed E-state index contributed by atoms with van der Waals surface area (Å²) >= 11 is 6.04. The van der Waals surface area contributed by atoms with Crippen molar-refractivity contribution in [2.24, 2.45) is 4.99 Å². The van der Waals surface area contributed by atoms with E-state index in [-0.39, 0.29) is 24.0 Å². The van der Waals surface area contributed by atoms with Crippen molar-refractivity contribution in [3.05, 3.63) is 46.5 Å². The van der Waals surface area contributed by atoms with Gasteiger partial charge in [0.05, 0.1) is 0 Å². The van der Waals surface area contributed by atoms with Gasteiger partial charge < -0.3 is 15.2 Å². The highest BCUT2D eigenvalue weighted by molar-refractivity contribution is 14.0. The van der Waals surface area contributed by atoms with E-state index < -0.39 is 0 Å². The third-order valence-corrected chi connectivity index (χ3v) is 4.74. The lowest BCUT2D eigenvalue weighted by molar-refractivity contribution is 0.605. The Morgan fingerprint density at radius 2 is 2.11 bits per heavy atom. The Balaban J connectivity index is 0.00000261. The number of aliphatic imine (C=N–C) groups is 1. The minimum absolute atomic E-state index is 0. The molecule has 2 N–H and O–H groups in total. The molecular weight excluding hydrogens is 475 g/mol. The molecule has 0 saturated carbocycles. The van der Waals surface area contributed by atoms with Crippen LogP contribution in [0.25, 0.3) is 0 Å². The van der Waals surface area contributed by atoms with Crippen molar-refractivity contribution < 1.29 is 0 Å². The van der Waals surface area contributed by atoms with E-state index in [0.29, 0.717) is 6.54 Å². The molecule has 2 heterocycles. The molecule has 8 heteroatoms. The van der Waals surface area contributed by atoms with Crippen molar-refractivity contribution in [1.82, 2.24) is 25.4 Å². The average Bonchev–Trinajstić information content (AvgIpc) is 2.86. The summed E-state index contributed by atoms with van der Waals surface area (Å²) in [6.45, 7) is 5.23. The fraction of sp³-hybridized carbons (Fsp3) is 0.526. The Hall–Kier alpha value is -1.35. The summed E-state index contributed by atoms with van der Waals surface area (Å²) in [4.78, 5) is 4.69. The molecule has 27 heavy (non-hydrogen) atoms. The van der Waals surface area contributed by atoms with Gasteiger partial charge in [-0.1, -0.05) is 30.2 Å². The van der Waals surface area contributed by atoms with Crippen molar-refractivity contribution in [2.75, 3.05) is 13.1 Å². The summed E-state index contributed by atoms with van der Waals surface area (Å²) in [6.07, 6.45) is 5.58. The lowest BCUT2D eigenvalue weighted by Crippen LogP contribution is -2.38. The highest BCUT2D eigenvalue weighted by Crippen LogP contribution is 2.15. The molecule has 148 valence electrons. The third-order valence-electron chi connectivity index (χ3n) is 4.50. The maximum atomic E-state index is 6.04. The Morgan fingerprint density at radius 1 is 1.22 bits per heavy atom. The molecule has 3 rings (SSSR count). The number of fused-ring (bicyclic) bond motifs is 1. The molecule has 0 atom stereocenters. The summed E-state index contributed by atoms with van der Waals surface area (Å²) in [5.41, 5.74) is 1.21. The quantitative estimate of drug-likeness (QED) is 0.360. The molecule has 0 radical (unpaired) electrons. The first-order chi connectivity index (χ1) is 12.8. The lowest BCUT2D eigenvalue weighted by atomic mass is 10.1. The van der Waals surface area contributed by atoms with Crippen LogP contribution in [0.4, 0.5) is 0 Å². The van der Waals surface area contributed by atoms with Crippen molar-refractivity contribution >= 4 is 41.5 Å². The molecule has 0 fully saturated rings. The van der Waals surface area contributed by atoms with Gasteiger partial charge in [-0.05, 0) is 43.9 Å². The smallest absolute Gasteiger partial charge is 0.191 e. The Morgan fingerprint density at radius 3 is 2.93 bits per heavy atom. The summed E-state index contributed by atoms with van der Waals surface area (Å²) in [5.74, 6) is 2.86. The first-order valence-corrected chi connectivity index (χ1v) is 9.81. The van der Waals surface area contributed by atoms with Crippen molar-refractivity contribution in [1.29, 1.82) is 0 Å². The average molecular weight is 503 g/mol. The van der Waals surface area contributed by atoms with Gasteiger partial charge in [0, 0.05) is 31.1 Å². The van der Waals surface area contributed by atoms with Gasteiger partial charge >= 0.3 is 0 Å². The molecule has 0 spiro atoms. The highest BCUT2D eigenvalue weighted by atomic mass is 127. The molecule has 2 aromatic rings. The molecule has 0 saturated heterocycles. The van der Waals surface area contributed by atoms with E-state index in [2.05, 4.69) is 43.4 Å². The van der Waals surface area contributed by atoms with Gasteiger partial charge in [-0.2, -0.15) is 0 Å². The zero-order valence-electron chi connectivity index (χ0n) is 15.7. The first-order valence-electron chi connectivity index (χ1n) is 9.44. The van der Waals surface area contributed by atoms with E-state index in [9.17, 15) is 0 Å². The van der Waals surface area contributed by atoms with Crippen LogP contribution in [0, 0.1) is 0 Å². The summed E-state index contributed by atoms with van der Waals surface area (Å²) in [7, 11) is 0. The van der Waals surface area contributed by atoms with E-state index in [1.165, 1.54) is 24.8 Å². The summed E-state index contributed by atoms with van der Waals surface area (Å²) in [5, 5.41) is 16.1. The SMILES string of the molecule is CCNC(=NCc1nnc2n1CCCCC2)NCCc1cccc(Cl)c1.I. The van der Waals surface area contributed by atoms with E-state index in [4.69, 9.17) is 11.6 Å². The van der Waals surface area contributed by atoms with Crippen LogP contribution in [0.5, 0.6) is 0 Å². The van der Waals surface area contributed by atoms with E-state index in [0.717, 1.165) is 55.1 Å². The van der Waals surface area contributed by atoms with Gasteiger partial charge in [0.25, 0.3) is 0 Å². The zero-order valence-corrected chi connectivity index (χ0v) is 18.8. The molecule has 1 aliphatic heterocycles. The van der Waals surface area contributed by atoms with Crippen molar-refractivity contribution in [3.63, 3.8) is 0 Å². The standard InChI is InChI=1S/C19H27ClN6.HI/c1-2-21-19(22-11-10-15-7-6-8-16(20)13-15)23-14-18-25-24-17-9-4-3-5-12-26(17)18;/h6-8,13H,2-5,9-12,14H2,1H3,(H2,21,22,23);1H. The number of halogens is 2. The molecule has 0 bridgehead atoms. The number of hydrogen-bond acceptors (Lipinski definition) is 3. The van der Waals surface area contributed by atoms with Crippen LogP contribution in [-0.4, -0.2) is 33.8 Å². The minimum Gasteiger partial charge on any atom is -0.357 e. The summed E-state index contributed by atoms with van der Waals surface area (Å²) < 4.78 is 2.24. The monoisotopic (exact) mass is 502 g/mol. The second-order valence-corrected chi connectivity index (χ2v) is 6.93. The molecule has 0 amide bonds. The van der Waals surface area contributed by atoms with Gasteiger partial charge in [0.1, 0.15) is 12.4 Å². The van der Waals surface area contributed by atoms with Gasteiger partial charge in [0.2, 0.25) is 0 Å². The maximum Gasteiger partial charge on any atom is 0.191 e. The predicted molar refractivity (Wildman–Crippen MR) is 121 cm³/mol. The fourth-order valence-corrected chi connectivity index (χ4v) is 3.38. The van der Waals surface area contributed by atoms with E-state index in [1.807, 2.05) is 18.2 Å². The van der Waals surface area contributed by atoms with Crippen LogP contribution in [0.3, 0.4) is 0 Å². The Labute approximate surface area is 183 Å². The minimum atomic E-state index is 0. The summed E-state index contributed by atoms with van der Waals surface area (Å²) in [6, 6.07) is 7.96. The van der Waals surface area contributed by atoms with Gasteiger partial charge in [0.15, 0.2) is 11.8 Å². The molecule has 1 aromatic carbocycles. The number of nitrogens with one attached hydrogen (secondary N) is 2. The molecule has 0 aliphatic carbocycles. The van der Waals surface area contributed by atoms with Crippen LogP contribution >= 0.6 is 35.6 Å². The van der Waals surface area contributed by atoms with Crippen LogP contribution in [-0.2, 0) is 25.9 Å². The number of benzene rings is 1. The van der Waals surface area contributed by atoms with Gasteiger partial charge in [-0.25, -0.2) is 4.99 Å². The molecule has 1 aliphatic rings. The second-order valence-electron chi connectivity index (χ2n) is 6.50. The topological polar surface area (TPSA) is 67.1 Å². The maximum absolute atomic E-state index is 6.04. The number of rotatable bonds is 6. The normalized spacial score (nSPS) is 14.1. The van der Waals surface area contributed by atoms with Gasteiger partial charge in [-0.3, -0.25) is 0 Å². The molecule has 1 aromatic heterocycles. The third kappa shape index (κ3) is 6.64. The fourth-order valence-electron chi connectivity index (χ4n) is 3.17. The predicted octanol–water partition coefficient (Wildman–Crippen LogP) is 3.57. The number of hydrogen-bond donors (Lipinski definition) is 2. The second kappa shape index (κ2) is 11.5. The number of aromatic nitrogens is 3. The Bertz CT molecular complexity index is 746. The molecule has 6 nitrogen and oxygen atoms in total. The van der Waals surface area contributed by atoms with Gasteiger partial charge in [-0.15, -0.1) is 34.2 Å². The number of aryl methyl sites for hydroxylation is 1. The first kappa shape index (κ1) is 21.9. The number of nitrogens with zero attached hydrogens (tertiary/aromatic N) is 4. The van der Waals surface area contributed by atoms with E-state index >= 15 is 0 Å². The van der Waals surface area contributed by atoms with E-state index in [1.54, 1.807) is 0 Å². The van der Waals surface area contributed by atoms with Crippen LogP contribution in [0.2, 0.25) is 5.02 Å². The highest BCUT2D eigenvalue weighted by Gasteiger charge is 2.14. The largest absolute Gasteiger partial charge is 0.357 e. The number of guanidine groups is 1. The Kier molecular flexibility index (Phi) is 9.33. The molecular formula is C19H28ClIN6. The lowest BCUT2D eigenvalue weighted by Gasteiger charge is -2.12.